The highest BCUT2D eigenvalue weighted by Crippen LogP contribution is 2.58. The molecule has 4 bridgehead atoms. The Balaban J connectivity index is 1.42. The van der Waals surface area contributed by atoms with Crippen molar-refractivity contribution in [2.45, 2.75) is 75.9 Å². The third-order valence-corrected chi connectivity index (χ3v) is 8.14. The Labute approximate surface area is 187 Å². The lowest BCUT2D eigenvalue weighted by atomic mass is 9.52. The maximum absolute atomic E-state index is 13.7. The summed E-state index contributed by atoms with van der Waals surface area (Å²) in [7, 11) is 0. The minimum Gasteiger partial charge on any atom is -0.508 e. The van der Waals surface area contributed by atoms with E-state index in [2.05, 4.69) is 0 Å². The van der Waals surface area contributed by atoms with Gasteiger partial charge in [-0.05, 0) is 75.2 Å². The standard InChI is InChI=1S/C24H31N3O5/c28-20-6-2-1-4-18(20)14-26-19(5-3-7-21(29)25-32)22(30)27(23(26)31)24-11-15-8-16(12-24)10-17(9-15)13-24/h1-2,4,6,15-17,19,28,32H,3,5,7-14H2,(H,25,29). The lowest BCUT2D eigenvalue weighted by Gasteiger charge is -2.58. The second kappa shape index (κ2) is 8.06. The summed E-state index contributed by atoms with van der Waals surface area (Å²) in [5.41, 5.74) is 1.84. The summed E-state index contributed by atoms with van der Waals surface area (Å²) in [6.45, 7) is 0.150. The quantitative estimate of drug-likeness (QED) is 0.342. The van der Waals surface area contributed by atoms with Crippen molar-refractivity contribution in [2.24, 2.45) is 17.8 Å². The molecule has 4 saturated carbocycles. The number of hydrogen-bond acceptors (Lipinski definition) is 5. The second-order valence-electron chi connectivity index (χ2n) is 10.3. The van der Waals surface area contributed by atoms with E-state index in [0.717, 1.165) is 19.3 Å². The summed E-state index contributed by atoms with van der Waals surface area (Å²) in [5.74, 6) is 1.21. The van der Waals surface area contributed by atoms with Crippen LogP contribution in [0.3, 0.4) is 0 Å². The molecule has 172 valence electrons. The number of carbonyl (C=O) groups excluding carboxylic acids is 3. The molecule has 4 aliphatic carbocycles. The van der Waals surface area contributed by atoms with Crippen molar-refractivity contribution >= 4 is 17.8 Å². The van der Waals surface area contributed by atoms with Gasteiger partial charge in [0, 0.05) is 12.0 Å². The normalized spacial score (nSPS) is 33.3. The third kappa shape index (κ3) is 3.54. The molecule has 1 aliphatic heterocycles. The summed E-state index contributed by atoms with van der Waals surface area (Å²) in [6, 6.07) is 5.93. The van der Waals surface area contributed by atoms with Crippen LogP contribution in [0.15, 0.2) is 24.3 Å². The SMILES string of the molecule is O=C(CCCC1C(=O)N(C23CC4CC(CC(C4)C2)C3)C(=O)N1Cc1ccccc1O)NO. The van der Waals surface area contributed by atoms with Crippen molar-refractivity contribution in [2.75, 3.05) is 0 Å². The van der Waals surface area contributed by atoms with Gasteiger partial charge in [0.15, 0.2) is 0 Å². The van der Waals surface area contributed by atoms with E-state index < -0.39 is 11.9 Å². The van der Waals surface area contributed by atoms with Crippen LogP contribution >= 0.6 is 0 Å². The van der Waals surface area contributed by atoms with Gasteiger partial charge < -0.3 is 10.0 Å². The lowest BCUT2D eigenvalue weighted by Crippen LogP contribution is -2.62. The first kappa shape index (κ1) is 21.2. The number of rotatable bonds is 7. The van der Waals surface area contributed by atoms with Crippen LogP contribution in [0.2, 0.25) is 0 Å². The van der Waals surface area contributed by atoms with Gasteiger partial charge in [-0.15, -0.1) is 0 Å². The van der Waals surface area contributed by atoms with E-state index in [1.807, 2.05) is 0 Å². The highest BCUT2D eigenvalue weighted by atomic mass is 16.5. The van der Waals surface area contributed by atoms with Gasteiger partial charge in [-0.25, -0.2) is 10.3 Å². The predicted molar refractivity (Wildman–Crippen MR) is 114 cm³/mol. The van der Waals surface area contributed by atoms with Crippen molar-refractivity contribution in [1.29, 1.82) is 0 Å². The Hall–Kier alpha value is -2.61. The van der Waals surface area contributed by atoms with Crippen molar-refractivity contribution < 1.29 is 24.7 Å². The first-order valence-corrected chi connectivity index (χ1v) is 11.7. The number of carbonyl (C=O) groups is 3. The Kier molecular flexibility index (Phi) is 5.35. The Bertz CT molecular complexity index is 897. The molecule has 1 heterocycles. The molecule has 0 radical (unpaired) electrons. The van der Waals surface area contributed by atoms with Gasteiger partial charge in [-0.3, -0.25) is 19.7 Å². The molecule has 0 spiro atoms. The largest absolute Gasteiger partial charge is 0.508 e. The fourth-order valence-electron chi connectivity index (χ4n) is 7.21. The highest BCUT2D eigenvalue weighted by molar-refractivity contribution is 6.05. The number of benzene rings is 1. The van der Waals surface area contributed by atoms with Gasteiger partial charge in [0.1, 0.15) is 11.8 Å². The second-order valence-corrected chi connectivity index (χ2v) is 10.3. The number of nitrogens with one attached hydrogen (secondary N) is 1. The minimum absolute atomic E-state index is 0.0796. The maximum Gasteiger partial charge on any atom is 0.328 e. The van der Waals surface area contributed by atoms with Crippen molar-refractivity contribution in [3.05, 3.63) is 29.8 Å². The molecule has 4 amide bonds. The summed E-state index contributed by atoms with van der Waals surface area (Å²) in [5, 5.41) is 19.0. The number of phenolic OH excluding ortho intramolecular Hbond substituents is 1. The topological polar surface area (TPSA) is 110 Å². The summed E-state index contributed by atoms with van der Waals surface area (Å²) >= 11 is 0. The molecular weight excluding hydrogens is 410 g/mol. The molecule has 8 nitrogen and oxygen atoms in total. The zero-order valence-electron chi connectivity index (χ0n) is 18.2. The van der Waals surface area contributed by atoms with Gasteiger partial charge in [-0.2, -0.15) is 0 Å². The highest BCUT2D eigenvalue weighted by Gasteiger charge is 2.60. The van der Waals surface area contributed by atoms with Crippen LogP contribution in [-0.4, -0.2) is 49.5 Å². The van der Waals surface area contributed by atoms with Crippen LogP contribution in [0.1, 0.15) is 63.4 Å². The van der Waals surface area contributed by atoms with E-state index in [4.69, 9.17) is 5.21 Å². The molecular formula is C24H31N3O5. The van der Waals surface area contributed by atoms with Crippen molar-refractivity contribution in [3.63, 3.8) is 0 Å². The van der Waals surface area contributed by atoms with Crippen LogP contribution in [0.5, 0.6) is 5.75 Å². The van der Waals surface area contributed by atoms with Gasteiger partial charge >= 0.3 is 6.03 Å². The zero-order chi connectivity index (χ0) is 22.5. The van der Waals surface area contributed by atoms with Gasteiger partial charge in [0.05, 0.1) is 12.1 Å². The molecule has 1 atom stereocenters. The fourth-order valence-corrected chi connectivity index (χ4v) is 7.21. The Morgan fingerprint density at radius 1 is 1.06 bits per heavy atom. The molecule has 5 fully saturated rings. The predicted octanol–water partition coefficient (Wildman–Crippen LogP) is 3.17. The summed E-state index contributed by atoms with van der Waals surface area (Å²) in [6.07, 6.45) is 7.17. The number of urea groups is 1. The van der Waals surface area contributed by atoms with Crippen LogP contribution in [-0.2, 0) is 16.1 Å². The molecule has 5 aliphatic rings. The number of phenols is 1. The number of hydrogen-bond donors (Lipinski definition) is 3. The van der Waals surface area contributed by atoms with Crippen molar-refractivity contribution in [3.8, 4) is 5.75 Å². The molecule has 32 heavy (non-hydrogen) atoms. The lowest BCUT2D eigenvalue weighted by molar-refractivity contribution is -0.141. The Morgan fingerprint density at radius 3 is 2.28 bits per heavy atom. The van der Waals surface area contributed by atoms with Crippen molar-refractivity contribution in [1.82, 2.24) is 15.3 Å². The molecule has 1 aromatic carbocycles. The Morgan fingerprint density at radius 2 is 1.69 bits per heavy atom. The molecule has 3 N–H and O–H groups in total. The zero-order valence-corrected chi connectivity index (χ0v) is 18.2. The number of imide groups is 1. The van der Waals surface area contributed by atoms with Gasteiger partial charge in [0.2, 0.25) is 5.91 Å². The number of nitrogens with zero attached hydrogens (tertiary/aromatic N) is 2. The molecule has 6 rings (SSSR count). The first-order chi connectivity index (χ1) is 15.4. The molecule has 1 unspecified atom stereocenters. The van der Waals surface area contributed by atoms with E-state index >= 15 is 0 Å². The number of para-hydroxylation sites is 1. The molecule has 1 saturated heterocycles. The number of aromatic hydroxyl groups is 1. The number of amides is 4. The fraction of sp³-hybridized carbons (Fsp3) is 0.625. The van der Waals surface area contributed by atoms with Crippen LogP contribution in [0.25, 0.3) is 0 Å². The molecule has 0 aromatic heterocycles. The van der Waals surface area contributed by atoms with Gasteiger partial charge in [-0.1, -0.05) is 18.2 Å². The average Bonchev–Trinajstić information content (AvgIpc) is 2.98. The summed E-state index contributed by atoms with van der Waals surface area (Å²) < 4.78 is 0. The van der Waals surface area contributed by atoms with Crippen LogP contribution < -0.4 is 5.48 Å². The molecule has 8 heteroatoms. The minimum atomic E-state index is -0.665. The van der Waals surface area contributed by atoms with E-state index in [0.29, 0.717) is 36.2 Å². The monoisotopic (exact) mass is 441 g/mol. The van der Waals surface area contributed by atoms with E-state index in [1.54, 1.807) is 39.5 Å². The smallest absolute Gasteiger partial charge is 0.328 e. The number of hydroxylamine groups is 1. The van der Waals surface area contributed by atoms with E-state index in [1.165, 1.54) is 19.3 Å². The van der Waals surface area contributed by atoms with Gasteiger partial charge in [0.25, 0.3) is 5.91 Å². The summed E-state index contributed by atoms with van der Waals surface area (Å²) in [4.78, 5) is 42.1. The van der Waals surface area contributed by atoms with E-state index in [9.17, 15) is 19.5 Å². The first-order valence-electron chi connectivity index (χ1n) is 11.7. The average molecular weight is 442 g/mol. The maximum atomic E-state index is 13.7. The van der Waals surface area contributed by atoms with E-state index in [-0.39, 0.29) is 36.2 Å². The third-order valence-electron chi connectivity index (χ3n) is 8.14. The van der Waals surface area contributed by atoms with Crippen LogP contribution in [0, 0.1) is 17.8 Å². The molecule has 1 aromatic rings. The van der Waals surface area contributed by atoms with Crippen LogP contribution in [0.4, 0.5) is 4.79 Å².